The van der Waals surface area contributed by atoms with Crippen LogP contribution in [0.15, 0.2) is 17.5 Å². The molecule has 0 bridgehead atoms. The van der Waals surface area contributed by atoms with Gasteiger partial charge in [-0.2, -0.15) is 0 Å². The summed E-state index contributed by atoms with van der Waals surface area (Å²) < 4.78 is 24.3. The van der Waals surface area contributed by atoms with Gasteiger partial charge in [0.05, 0.1) is 0 Å². The molecule has 1 saturated carbocycles. The molecule has 2 atom stereocenters. The molecule has 2 unspecified atom stereocenters. The minimum absolute atomic E-state index is 0.0449. The first-order valence-electron chi connectivity index (χ1n) is 5.41. The van der Waals surface area contributed by atoms with Crippen LogP contribution in [-0.4, -0.2) is 24.2 Å². The summed E-state index contributed by atoms with van der Waals surface area (Å²) >= 11 is 1.63. The third-order valence-corrected chi connectivity index (χ3v) is 3.74. The van der Waals surface area contributed by atoms with E-state index in [0.717, 1.165) is 12.8 Å². The smallest absolute Gasteiger partial charge is 0.265 e. The maximum Gasteiger partial charge on any atom is 0.265 e. The summed E-state index contributed by atoms with van der Waals surface area (Å²) in [6, 6.07) is 4.10. The first kappa shape index (κ1) is 12.0. The number of thiophene rings is 1. The van der Waals surface area contributed by atoms with Crippen LogP contribution in [0.4, 0.5) is 8.78 Å². The molecule has 16 heavy (non-hydrogen) atoms. The molecule has 1 aliphatic rings. The summed E-state index contributed by atoms with van der Waals surface area (Å²) in [4.78, 5) is 1.17. The van der Waals surface area contributed by atoms with Crippen LogP contribution in [0.25, 0.3) is 0 Å². The maximum atomic E-state index is 12.2. The number of aliphatic hydroxyl groups excluding tert-OH is 1. The average Bonchev–Trinajstić information content (AvgIpc) is 2.93. The van der Waals surface area contributed by atoms with E-state index in [-0.39, 0.29) is 12.6 Å². The van der Waals surface area contributed by atoms with Crippen molar-refractivity contribution in [2.45, 2.75) is 31.4 Å². The quantitative estimate of drug-likeness (QED) is 0.809. The monoisotopic (exact) mass is 247 g/mol. The number of hydrogen-bond acceptors (Lipinski definition) is 3. The summed E-state index contributed by atoms with van der Waals surface area (Å²) in [7, 11) is 0. The second-order valence-corrected chi connectivity index (χ2v) is 5.12. The molecule has 1 aliphatic carbocycles. The van der Waals surface area contributed by atoms with Gasteiger partial charge in [-0.1, -0.05) is 6.07 Å². The zero-order chi connectivity index (χ0) is 11.5. The number of alkyl halides is 2. The Balaban J connectivity index is 1.89. The Labute approximate surface area is 97.3 Å². The van der Waals surface area contributed by atoms with E-state index in [1.54, 1.807) is 11.3 Å². The molecule has 90 valence electrons. The van der Waals surface area contributed by atoms with Crippen LogP contribution in [0.1, 0.15) is 23.8 Å². The zero-order valence-electron chi connectivity index (χ0n) is 8.77. The third kappa shape index (κ3) is 2.99. The Hall–Kier alpha value is -0.520. The molecule has 1 aromatic rings. The highest BCUT2D eigenvalue weighted by Gasteiger charge is 2.33. The van der Waals surface area contributed by atoms with Crippen molar-refractivity contribution in [3.63, 3.8) is 0 Å². The molecular weight excluding hydrogens is 232 g/mol. The molecule has 0 amide bonds. The van der Waals surface area contributed by atoms with Crippen LogP contribution in [0.2, 0.25) is 0 Å². The lowest BCUT2D eigenvalue weighted by Gasteiger charge is -2.19. The number of nitrogens with one attached hydrogen (secondary N) is 1. The largest absolute Gasteiger partial charge is 0.386 e. The Morgan fingerprint density at radius 2 is 2.25 bits per heavy atom. The Kier molecular flexibility index (Phi) is 3.89. The van der Waals surface area contributed by atoms with E-state index >= 15 is 0 Å². The molecule has 0 radical (unpaired) electrons. The van der Waals surface area contributed by atoms with Gasteiger partial charge in [0, 0.05) is 17.5 Å². The van der Waals surface area contributed by atoms with E-state index in [2.05, 4.69) is 5.32 Å². The van der Waals surface area contributed by atoms with E-state index in [0.29, 0.717) is 5.92 Å². The van der Waals surface area contributed by atoms with Crippen LogP contribution in [0.3, 0.4) is 0 Å². The van der Waals surface area contributed by atoms with Gasteiger partial charge in [-0.15, -0.1) is 11.3 Å². The molecular formula is C11H15F2NOS. The molecule has 1 fully saturated rings. The Morgan fingerprint density at radius 1 is 1.50 bits per heavy atom. The van der Waals surface area contributed by atoms with Gasteiger partial charge in [-0.25, -0.2) is 8.78 Å². The Morgan fingerprint density at radius 3 is 2.75 bits per heavy atom. The molecule has 1 heterocycles. The molecule has 2 N–H and O–H groups in total. The number of hydrogen-bond donors (Lipinski definition) is 2. The standard InChI is InChI=1S/C11H15F2NOS/c12-11(13)8(15)6-14-10(7-3-4-7)9-2-1-5-16-9/h1-2,5,7-8,10-11,14-15H,3-4,6H2. The summed E-state index contributed by atoms with van der Waals surface area (Å²) in [6.07, 6.45) is -1.96. The van der Waals surface area contributed by atoms with Crippen molar-refractivity contribution in [3.05, 3.63) is 22.4 Å². The molecule has 0 saturated heterocycles. The number of halogens is 2. The fraction of sp³-hybridized carbons (Fsp3) is 0.636. The van der Waals surface area contributed by atoms with Gasteiger partial charge in [-0.05, 0) is 30.2 Å². The Bertz CT molecular complexity index is 314. The molecule has 2 nitrogen and oxygen atoms in total. The van der Waals surface area contributed by atoms with Gasteiger partial charge in [0.25, 0.3) is 6.43 Å². The van der Waals surface area contributed by atoms with Gasteiger partial charge >= 0.3 is 0 Å². The summed E-state index contributed by atoms with van der Waals surface area (Å²) in [6.45, 7) is -0.0449. The minimum Gasteiger partial charge on any atom is -0.386 e. The number of aliphatic hydroxyl groups is 1. The fourth-order valence-corrected chi connectivity index (χ4v) is 2.63. The highest BCUT2D eigenvalue weighted by molar-refractivity contribution is 7.10. The predicted octanol–water partition coefficient (Wildman–Crippen LogP) is 2.41. The highest BCUT2D eigenvalue weighted by atomic mass is 32.1. The van der Waals surface area contributed by atoms with E-state index in [9.17, 15) is 8.78 Å². The van der Waals surface area contributed by atoms with E-state index in [1.807, 2.05) is 17.5 Å². The second kappa shape index (κ2) is 5.21. The normalized spacial score (nSPS) is 20.0. The lowest BCUT2D eigenvalue weighted by atomic mass is 10.1. The van der Waals surface area contributed by atoms with Crippen molar-refractivity contribution < 1.29 is 13.9 Å². The molecule has 0 spiro atoms. The molecule has 1 aromatic heterocycles. The average molecular weight is 247 g/mol. The lowest BCUT2D eigenvalue weighted by molar-refractivity contribution is -0.00494. The van der Waals surface area contributed by atoms with Crippen molar-refractivity contribution >= 4 is 11.3 Å². The summed E-state index contributed by atoms with van der Waals surface area (Å²) in [5, 5.41) is 14.1. The predicted molar refractivity (Wildman–Crippen MR) is 59.8 cm³/mol. The topological polar surface area (TPSA) is 32.3 Å². The SMILES string of the molecule is OC(CNC(c1cccs1)C1CC1)C(F)F. The van der Waals surface area contributed by atoms with Crippen LogP contribution in [-0.2, 0) is 0 Å². The molecule has 5 heteroatoms. The maximum absolute atomic E-state index is 12.2. The second-order valence-electron chi connectivity index (χ2n) is 4.14. The first-order chi connectivity index (χ1) is 7.68. The van der Waals surface area contributed by atoms with Crippen LogP contribution in [0.5, 0.6) is 0 Å². The first-order valence-corrected chi connectivity index (χ1v) is 6.29. The van der Waals surface area contributed by atoms with E-state index in [1.165, 1.54) is 4.88 Å². The van der Waals surface area contributed by atoms with Crippen molar-refractivity contribution in [1.29, 1.82) is 0 Å². The van der Waals surface area contributed by atoms with Crippen molar-refractivity contribution in [1.82, 2.24) is 5.32 Å². The summed E-state index contributed by atoms with van der Waals surface area (Å²) in [5.74, 6) is 0.545. The minimum atomic E-state index is -2.67. The molecule has 0 aromatic carbocycles. The van der Waals surface area contributed by atoms with Crippen LogP contribution < -0.4 is 5.32 Å². The van der Waals surface area contributed by atoms with E-state index in [4.69, 9.17) is 5.11 Å². The van der Waals surface area contributed by atoms with Crippen LogP contribution >= 0.6 is 11.3 Å². The van der Waals surface area contributed by atoms with Crippen molar-refractivity contribution in [2.75, 3.05) is 6.54 Å². The van der Waals surface area contributed by atoms with Gasteiger partial charge < -0.3 is 10.4 Å². The van der Waals surface area contributed by atoms with Gasteiger partial charge in [0.1, 0.15) is 6.10 Å². The zero-order valence-corrected chi connectivity index (χ0v) is 9.59. The third-order valence-electron chi connectivity index (χ3n) is 2.78. The van der Waals surface area contributed by atoms with Crippen LogP contribution in [0, 0.1) is 5.92 Å². The summed E-state index contributed by atoms with van der Waals surface area (Å²) in [5.41, 5.74) is 0. The number of rotatable bonds is 6. The highest BCUT2D eigenvalue weighted by Crippen LogP contribution is 2.42. The van der Waals surface area contributed by atoms with Crippen molar-refractivity contribution in [2.24, 2.45) is 5.92 Å². The van der Waals surface area contributed by atoms with Gasteiger partial charge in [-0.3, -0.25) is 0 Å². The molecule has 0 aliphatic heterocycles. The fourth-order valence-electron chi connectivity index (χ4n) is 1.73. The van der Waals surface area contributed by atoms with Crippen molar-refractivity contribution in [3.8, 4) is 0 Å². The van der Waals surface area contributed by atoms with E-state index < -0.39 is 12.5 Å². The van der Waals surface area contributed by atoms with Gasteiger partial charge in [0.15, 0.2) is 0 Å². The molecule has 2 rings (SSSR count). The van der Waals surface area contributed by atoms with Gasteiger partial charge in [0.2, 0.25) is 0 Å². The lowest BCUT2D eigenvalue weighted by Crippen LogP contribution is -2.35.